The van der Waals surface area contributed by atoms with Crippen LogP contribution in [0.2, 0.25) is 0 Å². The molecule has 6 heteroatoms. The van der Waals surface area contributed by atoms with Crippen LogP contribution < -0.4 is 10.4 Å². The van der Waals surface area contributed by atoms with Crippen molar-refractivity contribution in [3.8, 4) is 5.75 Å². The molecule has 0 amide bonds. The molecule has 0 radical (unpaired) electrons. The number of benzene rings is 1. The fourth-order valence-corrected chi connectivity index (χ4v) is 3.38. The lowest BCUT2D eigenvalue weighted by Gasteiger charge is -2.09. The molecule has 2 rings (SSSR count). The molecule has 0 atom stereocenters. The van der Waals surface area contributed by atoms with Gasteiger partial charge in [-0.25, -0.2) is 9.18 Å². The van der Waals surface area contributed by atoms with Gasteiger partial charge in [-0.05, 0) is 43.2 Å². The second-order valence-corrected chi connectivity index (χ2v) is 7.86. The van der Waals surface area contributed by atoms with E-state index in [1.807, 2.05) is 6.08 Å². The van der Waals surface area contributed by atoms with Gasteiger partial charge in [0.05, 0.1) is 6.61 Å². The normalized spacial score (nSPS) is 11.2. The van der Waals surface area contributed by atoms with Gasteiger partial charge in [0.2, 0.25) is 0 Å². The Kier molecular flexibility index (Phi) is 12.7. The summed E-state index contributed by atoms with van der Waals surface area (Å²) in [5.41, 5.74) is -0.666. The van der Waals surface area contributed by atoms with E-state index >= 15 is 0 Å². The van der Waals surface area contributed by atoms with Crippen LogP contribution >= 0.6 is 0 Å². The molecule has 1 heterocycles. The maximum absolute atomic E-state index is 14.8. The van der Waals surface area contributed by atoms with Crippen molar-refractivity contribution in [2.24, 2.45) is 0 Å². The third-order valence-corrected chi connectivity index (χ3v) is 5.14. The van der Waals surface area contributed by atoms with Gasteiger partial charge in [0.25, 0.3) is 0 Å². The minimum absolute atomic E-state index is 0.0510. The lowest BCUT2D eigenvalue weighted by Crippen LogP contribution is -2.08. The fourth-order valence-electron chi connectivity index (χ4n) is 3.38. The molecule has 1 aromatic carbocycles. The van der Waals surface area contributed by atoms with E-state index in [2.05, 4.69) is 13.5 Å². The van der Waals surface area contributed by atoms with Crippen molar-refractivity contribution in [2.75, 3.05) is 33.0 Å². The highest BCUT2D eigenvalue weighted by Gasteiger charge is 2.14. The average molecular weight is 449 g/mol. The number of hydrogen-bond donors (Lipinski definition) is 0. The third kappa shape index (κ3) is 9.13. The molecule has 0 saturated heterocycles. The molecule has 0 fully saturated rings. The van der Waals surface area contributed by atoms with Crippen molar-refractivity contribution < 1.29 is 23.0 Å². The summed E-state index contributed by atoms with van der Waals surface area (Å²) < 4.78 is 36.7. The molecule has 0 aliphatic rings. The number of aryl methyl sites for hydroxylation is 1. The molecule has 0 aliphatic heterocycles. The Morgan fingerprint density at radius 3 is 2.50 bits per heavy atom. The first-order valence-electron chi connectivity index (χ1n) is 11.8. The zero-order valence-electron chi connectivity index (χ0n) is 19.3. The van der Waals surface area contributed by atoms with Crippen LogP contribution in [0.3, 0.4) is 0 Å². The fraction of sp³-hybridized carbons (Fsp3) is 0.577. The van der Waals surface area contributed by atoms with E-state index in [0.29, 0.717) is 57.0 Å². The van der Waals surface area contributed by atoms with Gasteiger partial charge in [-0.3, -0.25) is 0 Å². The van der Waals surface area contributed by atoms with Crippen LogP contribution in [0.4, 0.5) is 4.39 Å². The van der Waals surface area contributed by atoms with Crippen molar-refractivity contribution in [3.05, 3.63) is 52.9 Å². The molecule has 0 N–H and O–H groups in total. The standard InChI is InChI=1S/C26H37FO5/c1-3-5-7-8-9-19-31-23-14-13-21-20-22(32-26(28)24(21)25(23)27)12-10-16-30-18-11-17-29-15-6-4-2/h4,13-14,20H,2-3,5-12,15-19H2,1H3. The van der Waals surface area contributed by atoms with Gasteiger partial charge >= 0.3 is 5.63 Å². The van der Waals surface area contributed by atoms with Crippen molar-refractivity contribution in [3.63, 3.8) is 0 Å². The highest BCUT2D eigenvalue weighted by atomic mass is 19.1. The highest BCUT2D eigenvalue weighted by molar-refractivity contribution is 5.83. The van der Waals surface area contributed by atoms with Gasteiger partial charge in [0, 0.05) is 32.8 Å². The number of unbranched alkanes of at least 4 members (excludes halogenated alkanes) is 4. The Hall–Kier alpha value is -2.18. The van der Waals surface area contributed by atoms with Gasteiger partial charge in [-0.2, -0.15) is 0 Å². The second kappa shape index (κ2) is 15.6. The monoisotopic (exact) mass is 448 g/mol. The molecule has 0 unspecified atom stereocenters. The largest absolute Gasteiger partial charge is 0.490 e. The van der Waals surface area contributed by atoms with E-state index in [9.17, 15) is 9.18 Å². The van der Waals surface area contributed by atoms with Crippen LogP contribution in [-0.4, -0.2) is 33.0 Å². The Bertz CT molecular complexity index is 861. The van der Waals surface area contributed by atoms with Crippen LogP contribution in [-0.2, 0) is 15.9 Å². The predicted molar refractivity (Wildman–Crippen MR) is 126 cm³/mol. The lowest BCUT2D eigenvalue weighted by atomic mass is 10.1. The van der Waals surface area contributed by atoms with Crippen LogP contribution in [0.1, 0.15) is 64.1 Å². The zero-order chi connectivity index (χ0) is 23.0. The van der Waals surface area contributed by atoms with Gasteiger partial charge in [-0.15, -0.1) is 6.58 Å². The maximum atomic E-state index is 14.8. The van der Waals surface area contributed by atoms with Crippen LogP contribution in [0.5, 0.6) is 5.75 Å². The molecule has 5 nitrogen and oxygen atoms in total. The van der Waals surface area contributed by atoms with Gasteiger partial charge in [0.1, 0.15) is 11.1 Å². The Labute approximate surface area is 190 Å². The van der Waals surface area contributed by atoms with Crippen molar-refractivity contribution >= 4 is 10.8 Å². The Morgan fingerprint density at radius 1 is 0.969 bits per heavy atom. The SMILES string of the molecule is C=CCCOCCCOCCCc1cc2ccc(OCCCCCCC)c(F)c2c(=O)o1. The van der Waals surface area contributed by atoms with E-state index < -0.39 is 11.4 Å². The molecule has 0 spiro atoms. The van der Waals surface area contributed by atoms with E-state index in [1.54, 1.807) is 18.2 Å². The lowest BCUT2D eigenvalue weighted by molar-refractivity contribution is 0.0832. The summed E-state index contributed by atoms with van der Waals surface area (Å²) in [7, 11) is 0. The van der Waals surface area contributed by atoms with Crippen LogP contribution in [0, 0.1) is 5.82 Å². The van der Waals surface area contributed by atoms with E-state index in [-0.39, 0.29) is 11.1 Å². The second-order valence-electron chi connectivity index (χ2n) is 7.86. The molecular weight excluding hydrogens is 411 g/mol. The molecule has 0 saturated carbocycles. The van der Waals surface area contributed by atoms with Crippen molar-refractivity contribution in [2.45, 2.75) is 64.7 Å². The van der Waals surface area contributed by atoms with Gasteiger partial charge < -0.3 is 18.6 Å². The summed E-state index contributed by atoms with van der Waals surface area (Å²) in [5.74, 6) is -0.00670. The molecule has 178 valence electrons. The molecule has 0 bridgehead atoms. The first kappa shape index (κ1) is 26.1. The van der Waals surface area contributed by atoms with Gasteiger partial charge in [0.15, 0.2) is 11.6 Å². The highest BCUT2D eigenvalue weighted by Crippen LogP contribution is 2.25. The first-order valence-corrected chi connectivity index (χ1v) is 11.8. The maximum Gasteiger partial charge on any atom is 0.346 e. The van der Waals surface area contributed by atoms with E-state index in [1.165, 1.54) is 12.8 Å². The van der Waals surface area contributed by atoms with E-state index in [4.69, 9.17) is 18.6 Å². The molecule has 0 aliphatic carbocycles. The molecule has 2 aromatic rings. The number of fused-ring (bicyclic) bond motifs is 1. The summed E-state index contributed by atoms with van der Waals surface area (Å²) >= 11 is 0. The summed E-state index contributed by atoms with van der Waals surface area (Å²) in [4.78, 5) is 12.4. The zero-order valence-corrected chi connectivity index (χ0v) is 19.3. The smallest absolute Gasteiger partial charge is 0.346 e. The molecule has 32 heavy (non-hydrogen) atoms. The van der Waals surface area contributed by atoms with Gasteiger partial charge in [-0.1, -0.05) is 44.7 Å². The Balaban J connectivity index is 1.78. The quantitative estimate of drug-likeness (QED) is 0.200. The topological polar surface area (TPSA) is 57.9 Å². The van der Waals surface area contributed by atoms with Crippen molar-refractivity contribution in [1.29, 1.82) is 0 Å². The number of rotatable bonds is 18. The third-order valence-electron chi connectivity index (χ3n) is 5.14. The minimum atomic E-state index is -0.666. The summed E-state index contributed by atoms with van der Waals surface area (Å²) in [6.45, 7) is 8.81. The minimum Gasteiger partial charge on any atom is -0.490 e. The summed E-state index contributed by atoms with van der Waals surface area (Å²) in [6, 6.07) is 5.03. The average Bonchev–Trinajstić information content (AvgIpc) is 2.78. The number of hydrogen-bond acceptors (Lipinski definition) is 5. The summed E-state index contributed by atoms with van der Waals surface area (Å²) in [6.07, 6.45) is 10.3. The molecule has 1 aromatic heterocycles. The molecular formula is C26H37FO5. The number of halogens is 1. The Morgan fingerprint density at radius 2 is 1.72 bits per heavy atom. The van der Waals surface area contributed by atoms with Crippen LogP contribution in [0.25, 0.3) is 10.8 Å². The van der Waals surface area contributed by atoms with Crippen molar-refractivity contribution in [1.82, 2.24) is 0 Å². The summed E-state index contributed by atoms with van der Waals surface area (Å²) in [5, 5.41) is 0.478. The van der Waals surface area contributed by atoms with Crippen LogP contribution in [0.15, 0.2) is 40.1 Å². The predicted octanol–water partition coefficient (Wildman–Crippen LogP) is 6.21. The first-order chi connectivity index (χ1) is 15.7. The number of ether oxygens (including phenoxy) is 3. The van der Waals surface area contributed by atoms with E-state index in [0.717, 1.165) is 32.1 Å².